The number of hydrogen-bond acceptors (Lipinski definition) is 6. The van der Waals surface area contributed by atoms with Crippen LogP contribution in [0.25, 0.3) is 0 Å². The number of rotatable bonds is 8. The summed E-state index contributed by atoms with van der Waals surface area (Å²) in [5.74, 6) is -3.58. The molecule has 4 atom stereocenters. The van der Waals surface area contributed by atoms with Crippen LogP contribution in [0.1, 0.15) is 33.6 Å². The van der Waals surface area contributed by atoms with Gasteiger partial charge in [0.25, 0.3) is 0 Å². The smallest absolute Gasteiger partial charge is 0.431 e. The lowest BCUT2D eigenvalue weighted by molar-refractivity contribution is -0.137. The van der Waals surface area contributed by atoms with E-state index in [-0.39, 0.29) is 23.5 Å². The Bertz CT molecular complexity index is 1220. The van der Waals surface area contributed by atoms with Crippen LogP contribution in [0, 0.1) is 23.5 Å². The third-order valence-corrected chi connectivity index (χ3v) is 7.06. The van der Waals surface area contributed by atoms with Crippen LogP contribution in [0.5, 0.6) is 11.5 Å². The Morgan fingerprint density at radius 3 is 2.41 bits per heavy atom. The minimum absolute atomic E-state index is 0.0602. The van der Waals surface area contributed by atoms with Crippen molar-refractivity contribution in [3.05, 3.63) is 48.0 Å². The largest absolute Gasteiger partial charge is 0.494 e. The van der Waals surface area contributed by atoms with E-state index in [2.05, 4.69) is 5.10 Å². The van der Waals surface area contributed by atoms with Crippen LogP contribution in [0.2, 0.25) is 0 Å². The Morgan fingerprint density at radius 2 is 1.82 bits per heavy atom. The first-order chi connectivity index (χ1) is 18.4. The van der Waals surface area contributed by atoms with E-state index in [1.165, 1.54) is 25.1 Å². The molecular formula is C27H30F5N3O4. The standard InChI is InChI=1S/C27H30F5N3O4/c1-4-38-19-11-20(28)25(29)22(12-19)34-10-9-23(15(2)14-34)39-18-7-5-17(6-8-18)35-21(13-24(36)37)16(3)26(33-35)27(30,31)32/h5-8,11-12,15-16,21,23H,4,9-10,13-14H2,1-3H3,(H,36,37)/t15?,16-,21-,23?/m0/s1. The molecule has 0 saturated carbocycles. The van der Waals surface area contributed by atoms with E-state index in [0.717, 1.165) is 11.1 Å². The third kappa shape index (κ3) is 6.20. The summed E-state index contributed by atoms with van der Waals surface area (Å²) in [6.07, 6.45) is -4.89. The summed E-state index contributed by atoms with van der Waals surface area (Å²) in [6.45, 7) is 6.15. The number of piperidine rings is 1. The van der Waals surface area contributed by atoms with E-state index in [1.807, 2.05) is 6.92 Å². The predicted octanol–water partition coefficient (Wildman–Crippen LogP) is 5.88. The summed E-state index contributed by atoms with van der Waals surface area (Å²) in [5, 5.41) is 14.1. The van der Waals surface area contributed by atoms with E-state index in [9.17, 15) is 31.9 Å². The van der Waals surface area contributed by atoms with Gasteiger partial charge in [-0.3, -0.25) is 9.80 Å². The van der Waals surface area contributed by atoms with Gasteiger partial charge in [0, 0.05) is 43.5 Å². The van der Waals surface area contributed by atoms with Gasteiger partial charge in [-0.2, -0.15) is 18.3 Å². The molecule has 39 heavy (non-hydrogen) atoms. The lowest BCUT2D eigenvalue weighted by Gasteiger charge is -2.38. The van der Waals surface area contributed by atoms with E-state index >= 15 is 0 Å². The van der Waals surface area contributed by atoms with E-state index in [4.69, 9.17) is 9.47 Å². The number of hydrazone groups is 1. The van der Waals surface area contributed by atoms with Gasteiger partial charge >= 0.3 is 12.1 Å². The van der Waals surface area contributed by atoms with Gasteiger partial charge in [0.15, 0.2) is 11.6 Å². The minimum Gasteiger partial charge on any atom is -0.494 e. The summed E-state index contributed by atoms with van der Waals surface area (Å²) in [7, 11) is 0. The van der Waals surface area contributed by atoms with Gasteiger partial charge in [0.05, 0.1) is 30.4 Å². The maximum absolute atomic E-state index is 14.5. The molecule has 2 unspecified atom stereocenters. The Hall–Kier alpha value is -3.57. The predicted molar refractivity (Wildman–Crippen MR) is 136 cm³/mol. The fourth-order valence-corrected chi connectivity index (χ4v) is 5.08. The first kappa shape index (κ1) is 28.4. The second-order valence-electron chi connectivity index (χ2n) is 9.81. The molecule has 2 aliphatic heterocycles. The minimum atomic E-state index is -4.67. The number of halogens is 5. The number of alkyl halides is 3. The van der Waals surface area contributed by atoms with Crippen LogP contribution >= 0.6 is 0 Å². The van der Waals surface area contributed by atoms with Crippen molar-refractivity contribution in [1.29, 1.82) is 0 Å². The lowest BCUT2D eigenvalue weighted by Crippen LogP contribution is -2.44. The normalized spacial score (nSPS) is 23.5. The summed E-state index contributed by atoms with van der Waals surface area (Å²) in [4.78, 5) is 13.1. The zero-order valence-corrected chi connectivity index (χ0v) is 21.7. The van der Waals surface area contributed by atoms with E-state index < -0.39 is 47.9 Å². The molecule has 4 rings (SSSR count). The van der Waals surface area contributed by atoms with E-state index in [0.29, 0.717) is 37.6 Å². The first-order valence-corrected chi connectivity index (χ1v) is 12.7. The molecule has 0 aliphatic carbocycles. The fraction of sp³-hybridized carbons (Fsp3) is 0.481. The fourth-order valence-electron chi connectivity index (χ4n) is 5.08. The Balaban J connectivity index is 1.45. The number of carboxylic acids is 1. The van der Waals surface area contributed by atoms with Gasteiger partial charge in [-0.25, -0.2) is 8.78 Å². The summed E-state index contributed by atoms with van der Waals surface area (Å²) in [6, 6.07) is 7.79. The highest BCUT2D eigenvalue weighted by atomic mass is 19.4. The Morgan fingerprint density at radius 1 is 1.13 bits per heavy atom. The highest BCUT2D eigenvalue weighted by Gasteiger charge is 2.48. The lowest BCUT2D eigenvalue weighted by atomic mass is 9.94. The van der Waals surface area contributed by atoms with Crippen molar-refractivity contribution in [3.63, 3.8) is 0 Å². The SMILES string of the molecule is CCOc1cc(F)c(F)c(N2CCC(Oc3ccc(N4N=C(C(F)(F)F)[C@@H](C)[C@@H]4CC(=O)O)cc3)C(C)C2)c1. The topological polar surface area (TPSA) is 74.6 Å². The van der Waals surface area contributed by atoms with Crippen molar-refractivity contribution in [1.82, 2.24) is 0 Å². The summed E-state index contributed by atoms with van der Waals surface area (Å²) in [5.41, 5.74) is -0.574. The molecule has 0 radical (unpaired) electrons. The van der Waals surface area contributed by atoms with Crippen LogP contribution in [-0.2, 0) is 4.79 Å². The second kappa shape index (κ2) is 11.3. The summed E-state index contributed by atoms with van der Waals surface area (Å²) < 4.78 is 80.4. The first-order valence-electron chi connectivity index (χ1n) is 12.7. The van der Waals surface area contributed by atoms with Crippen molar-refractivity contribution >= 4 is 23.1 Å². The van der Waals surface area contributed by atoms with Crippen LogP contribution in [0.15, 0.2) is 41.5 Å². The van der Waals surface area contributed by atoms with Gasteiger partial charge in [-0.1, -0.05) is 13.8 Å². The zero-order chi connectivity index (χ0) is 28.5. The van der Waals surface area contributed by atoms with Crippen molar-refractivity contribution in [2.45, 2.75) is 51.9 Å². The highest BCUT2D eigenvalue weighted by Crippen LogP contribution is 2.37. The molecule has 2 aromatic carbocycles. The number of anilines is 2. The average molecular weight is 556 g/mol. The number of aliphatic carboxylic acids is 1. The van der Waals surface area contributed by atoms with Crippen molar-refractivity contribution in [3.8, 4) is 11.5 Å². The van der Waals surface area contributed by atoms with Gasteiger partial charge in [0.1, 0.15) is 23.3 Å². The molecule has 1 saturated heterocycles. The number of ether oxygens (including phenoxy) is 2. The summed E-state index contributed by atoms with van der Waals surface area (Å²) >= 11 is 0. The van der Waals surface area contributed by atoms with Crippen LogP contribution < -0.4 is 19.4 Å². The number of nitrogens with zero attached hydrogens (tertiary/aromatic N) is 3. The van der Waals surface area contributed by atoms with E-state index in [1.54, 1.807) is 24.0 Å². The van der Waals surface area contributed by atoms with Crippen molar-refractivity contribution in [2.75, 3.05) is 29.6 Å². The number of carbonyl (C=O) groups is 1. The van der Waals surface area contributed by atoms with Gasteiger partial charge in [0.2, 0.25) is 0 Å². The van der Waals surface area contributed by atoms with Crippen LogP contribution in [0.3, 0.4) is 0 Å². The van der Waals surface area contributed by atoms with Gasteiger partial charge < -0.3 is 19.5 Å². The maximum Gasteiger partial charge on any atom is 0.431 e. The molecule has 1 N–H and O–H groups in total. The molecule has 12 heteroatoms. The third-order valence-electron chi connectivity index (χ3n) is 7.06. The molecule has 0 spiro atoms. The van der Waals surface area contributed by atoms with Crippen LogP contribution in [0.4, 0.5) is 33.3 Å². The van der Waals surface area contributed by atoms with Gasteiger partial charge in [-0.15, -0.1) is 0 Å². The quantitative estimate of drug-likeness (QED) is 0.411. The average Bonchev–Trinajstić information content (AvgIpc) is 3.19. The zero-order valence-electron chi connectivity index (χ0n) is 21.7. The molecule has 0 aromatic heterocycles. The molecule has 2 heterocycles. The maximum atomic E-state index is 14.5. The molecule has 2 aliphatic rings. The second-order valence-corrected chi connectivity index (χ2v) is 9.81. The highest BCUT2D eigenvalue weighted by molar-refractivity contribution is 5.95. The van der Waals surface area contributed by atoms with Crippen LogP contribution in [-0.4, -0.2) is 54.8 Å². The monoisotopic (exact) mass is 555 g/mol. The molecule has 1 fully saturated rings. The van der Waals surface area contributed by atoms with Gasteiger partial charge in [-0.05, 0) is 31.2 Å². The number of hydrogen-bond donors (Lipinski definition) is 1. The molecular weight excluding hydrogens is 525 g/mol. The Labute approximate surface area is 222 Å². The molecule has 7 nitrogen and oxygen atoms in total. The molecule has 0 amide bonds. The number of carboxylic acid groups (broad SMARTS) is 1. The number of benzene rings is 2. The van der Waals surface area contributed by atoms with Crippen molar-refractivity contribution < 1.29 is 41.3 Å². The molecule has 212 valence electrons. The molecule has 2 aromatic rings. The molecule has 0 bridgehead atoms. The Kier molecular flexibility index (Phi) is 8.22. The van der Waals surface area contributed by atoms with Crippen molar-refractivity contribution in [2.24, 2.45) is 16.9 Å².